The quantitative estimate of drug-likeness (QED) is 0.800. The molecule has 0 bridgehead atoms. The van der Waals surface area contributed by atoms with Gasteiger partial charge in [-0.25, -0.2) is 4.79 Å². The smallest absolute Gasteiger partial charge is 0.337 e. The van der Waals surface area contributed by atoms with Crippen LogP contribution in [0.3, 0.4) is 0 Å². The Morgan fingerprint density at radius 1 is 1.05 bits per heavy atom. The van der Waals surface area contributed by atoms with E-state index in [0.29, 0.717) is 28.9 Å². The molecule has 3 rings (SSSR count). The molecule has 2 aromatic carbocycles. The Morgan fingerprint density at radius 2 is 1.77 bits per heavy atom. The average Bonchev–Trinajstić information content (AvgIpc) is 2.71. The summed E-state index contributed by atoms with van der Waals surface area (Å²) in [6.45, 7) is 0. The molecule has 1 aliphatic rings. The molecule has 0 aliphatic heterocycles. The van der Waals surface area contributed by atoms with Crippen molar-refractivity contribution in [3.8, 4) is 5.75 Å². The molecule has 0 heterocycles. The highest BCUT2D eigenvalue weighted by Gasteiger charge is 2.26. The van der Waals surface area contributed by atoms with E-state index in [0.717, 1.165) is 17.5 Å². The summed E-state index contributed by atoms with van der Waals surface area (Å²) in [5.41, 5.74) is 3.48. The van der Waals surface area contributed by atoms with Crippen molar-refractivity contribution >= 4 is 11.8 Å². The highest BCUT2D eigenvalue weighted by atomic mass is 16.5. The van der Waals surface area contributed by atoms with E-state index in [1.54, 1.807) is 12.1 Å². The first-order valence-electron chi connectivity index (χ1n) is 7.07. The van der Waals surface area contributed by atoms with Crippen LogP contribution in [0.4, 0.5) is 0 Å². The molecule has 0 N–H and O–H groups in total. The van der Waals surface area contributed by atoms with Gasteiger partial charge in [-0.05, 0) is 36.1 Å². The highest BCUT2D eigenvalue weighted by molar-refractivity contribution is 6.13. The molecule has 0 amide bonds. The molecule has 2 aromatic rings. The SMILES string of the molecule is COC(=O)c1cc2c(c(OC)c1)C(=O)c1ccccc1CC2. The number of carbonyl (C=O) groups excluding carboxylic acids is 2. The van der Waals surface area contributed by atoms with Crippen LogP contribution in [0.5, 0.6) is 5.75 Å². The van der Waals surface area contributed by atoms with Crippen LogP contribution in [0.15, 0.2) is 36.4 Å². The lowest BCUT2D eigenvalue weighted by Gasteiger charge is -2.13. The van der Waals surface area contributed by atoms with E-state index < -0.39 is 5.97 Å². The number of methoxy groups -OCH3 is 2. The Morgan fingerprint density at radius 3 is 2.50 bits per heavy atom. The minimum Gasteiger partial charge on any atom is -0.496 e. The molecule has 0 fully saturated rings. The highest BCUT2D eigenvalue weighted by Crippen LogP contribution is 2.32. The van der Waals surface area contributed by atoms with Crippen LogP contribution >= 0.6 is 0 Å². The molecule has 1 aliphatic carbocycles. The predicted molar refractivity (Wildman–Crippen MR) is 81.6 cm³/mol. The lowest BCUT2D eigenvalue weighted by molar-refractivity contribution is 0.0600. The number of hydrogen-bond donors (Lipinski definition) is 0. The molecule has 22 heavy (non-hydrogen) atoms. The molecule has 0 atom stereocenters. The average molecular weight is 296 g/mol. The largest absolute Gasteiger partial charge is 0.496 e. The molecule has 0 unspecified atom stereocenters. The predicted octanol–water partition coefficient (Wildman–Crippen LogP) is 2.81. The van der Waals surface area contributed by atoms with Gasteiger partial charge < -0.3 is 9.47 Å². The molecule has 0 saturated heterocycles. The third-order valence-corrected chi connectivity index (χ3v) is 3.98. The fourth-order valence-electron chi connectivity index (χ4n) is 2.89. The molecule has 0 spiro atoms. The van der Waals surface area contributed by atoms with Gasteiger partial charge in [0, 0.05) is 5.56 Å². The van der Waals surface area contributed by atoms with E-state index in [-0.39, 0.29) is 5.78 Å². The van der Waals surface area contributed by atoms with Crippen molar-refractivity contribution in [1.82, 2.24) is 0 Å². The minimum atomic E-state index is -0.435. The fourth-order valence-corrected chi connectivity index (χ4v) is 2.89. The van der Waals surface area contributed by atoms with Crippen molar-refractivity contribution < 1.29 is 19.1 Å². The summed E-state index contributed by atoms with van der Waals surface area (Å²) in [6, 6.07) is 10.9. The summed E-state index contributed by atoms with van der Waals surface area (Å²) < 4.78 is 10.1. The number of esters is 1. The number of ketones is 1. The summed E-state index contributed by atoms with van der Waals surface area (Å²) in [6.07, 6.45) is 1.43. The number of rotatable bonds is 2. The summed E-state index contributed by atoms with van der Waals surface area (Å²) >= 11 is 0. The van der Waals surface area contributed by atoms with Crippen molar-refractivity contribution in [1.29, 1.82) is 0 Å². The second-order valence-corrected chi connectivity index (χ2v) is 5.19. The van der Waals surface area contributed by atoms with Crippen molar-refractivity contribution in [3.63, 3.8) is 0 Å². The monoisotopic (exact) mass is 296 g/mol. The maximum atomic E-state index is 12.9. The summed E-state index contributed by atoms with van der Waals surface area (Å²) in [5.74, 6) is -0.0775. The number of carbonyl (C=O) groups is 2. The van der Waals surface area contributed by atoms with Gasteiger partial charge in [0.25, 0.3) is 0 Å². The molecule has 0 saturated carbocycles. The van der Waals surface area contributed by atoms with Crippen LogP contribution in [-0.2, 0) is 17.6 Å². The Labute approximate surface area is 128 Å². The second kappa shape index (κ2) is 5.64. The zero-order valence-corrected chi connectivity index (χ0v) is 12.5. The van der Waals surface area contributed by atoms with E-state index >= 15 is 0 Å². The van der Waals surface area contributed by atoms with Gasteiger partial charge in [0.05, 0.1) is 25.3 Å². The van der Waals surface area contributed by atoms with Gasteiger partial charge in [-0.15, -0.1) is 0 Å². The van der Waals surface area contributed by atoms with Crippen LogP contribution in [-0.4, -0.2) is 26.0 Å². The Balaban J connectivity index is 2.20. The lowest BCUT2D eigenvalue weighted by atomic mass is 9.96. The van der Waals surface area contributed by atoms with Crippen LogP contribution < -0.4 is 4.74 Å². The summed E-state index contributed by atoms with van der Waals surface area (Å²) in [4.78, 5) is 24.7. The number of benzene rings is 2. The maximum Gasteiger partial charge on any atom is 0.337 e. The van der Waals surface area contributed by atoms with Crippen molar-refractivity contribution in [3.05, 3.63) is 64.2 Å². The molecule has 4 nitrogen and oxygen atoms in total. The first-order chi connectivity index (χ1) is 10.7. The van der Waals surface area contributed by atoms with Gasteiger partial charge in [0.15, 0.2) is 5.78 Å². The van der Waals surface area contributed by atoms with Gasteiger partial charge in [-0.2, -0.15) is 0 Å². The van der Waals surface area contributed by atoms with Gasteiger partial charge >= 0.3 is 5.97 Å². The normalized spacial score (nSPS) is 12.9. The van der Waals surface area contributed by atoms with Crippen LogP contribution in [0.25, 0.3) is 0 Å². The lowest BCUT2D eigenvalue weighted by Crippen LogP contribution is -2.10. The van der Waals surface area contributed by atoms with E-state index in [1.807, 2.05) is 24.3 Å². The topological polar surface area (TPSA) is 52.6 Å². The molecular weight excluding hydrogens is 280 g/mol. The van der Waals surface area contributed by atoms with E-state index in [2.05, 4.69) is 0 Å². The van der Waals surface area contributed by atoms with E-state index in [4.69, 9.17) is 9.47 Å². The first-order valence-corrected chi connectivity index (χ1v) is 7.07. The third kappa shape index (κ3) is 2.26. The van der Waals surface area contributed by atoms with Gasteiger partial charge in [0.1, 0.15) is 5.75 Å². The Kier molecular flexibility index (Phi) is 3.67. The zero-order chi connectivity index (χ0) is 15.7. The molecule has 112 valence electrons. The number of ether oxygens (including phenoxy) is 2. The Hall–Kier alpha value is -2.62. The van der Waals surface area contributed by atoms with E-state index in [9.17, 15) is 9.59 Å². The molecule has 4 heteroatoms. The summed E-state index contributed by atoms with van der Waals surface area (Å²) in [5, 5.41) is 0. The van der Waals surface area contributed by atoms with Crippen molar-refractivity contribution in [2.75, 3.05) is 14.2 Å². The van der Waals surface area contributed by atoms with Crippen LogP contribution in [0.2, 0.25) is 0 Å². The zero-order valence-electron chi connectivity index (χ0n) is 12.5. The maximum absolute atomic E-state index is 12.9. The van der Waals surface area contributed by atoms with Crippen molar-refractivity contribution in [2.24, 2.45) is 0 Å². The number of fused-ring (bicyclic) bond motifs is 2. The molecular formula is C18H16O4. The molecule has 0 radical (unpaired) electrons. The van der Waals surface area contributed by atoms with E-state index in [1.165, 1.54) is 14.2 Å². The van der Waals surface area contributed by atoms with Crippen LogP contribution in [0.1, 0.15) is 37.4 Å². The first kappa shape index (κ1) is 14.3. The summed E-state index contributed by atoms with van der Waals surface area (Å²) in [7, 11) is 2.84. The second-order valence-electron chi connectivity index (χ2n) is 5.19. The van der Waals surface area contributed by atoms with Crippen LogP contribution in [0, 0.1) is 0 Å². The number of hydrogen-bond acceptors (Lipinski definition) is 4. The third-order valence-electron chi connectivity index (χ3n) is 3.98. The fraction of sp³-hybridized carbons (Fsp3) is 0.222. The molecule has 0 aromatic heterocycles. The standard InChI is InChI=1S/C18H16O4/c1-21-15-10-13(18(20)22-2)9-12-8-7-11-5-3-4-6-14(11)17(19)16(12)15/h3-6,9-10H,7-8H2,1-2H3. The number of aryl methyl sites for hydroxylation is 2. The van der Waals surface area contributed by atoms with Gasteiger partial charge in [-0.1, -0.05) is 24.3 Å². The van der Waals surface area contributed by atoms with Gasteiger partial charge in [-0.3, -0.25) is 4.79 Å². The van der Waals surface area contributed by atoms with Gasteiger partial charge in [0.2, 0.25) is 0 Å². The Bertz CT molecular complexity index is 762. The minimum absolute atomic E-state index is 0.0589. The van der Waals surface area contributed by atoms with Crippen molar-refractivity contribution in [2.45, 2.75) is 12.8 Å².